The van der Waals surface area contributed by atoms with Crippen molar-refractivity contribution >= 4 is 15.9 Å². The molecule has 8 heteroatoms. The third-order valence-electron chi connectivity index (χ3n) is 11.7. The lowest BCUT2D eigenvalue weighted by Crippen LogP contribution is -2.68. The molecular weight excluding hydrogens is 478 g/mol. The summed E-state index contributed by atoms with van der Waals surface area (Å²) in [6.45, 7) is 11.9. The standard InChI is InChI=1S/C28H47NO6S/c1-17-14-29(15-18(2)35-17)25-13-27(5)20(12-28(25,31)16-36(32,33)34)6-7-21-23-9-8-22(19(3)30)26(23,4)11-10-24(21)27/h17-18,20-25,31H,6-16H2,1-5H3,(H,32,33,34)/t17-,18-,20+,21-,22+,23-,24-,25+,26+,27-,28+/m0/s1. The molecule has 1 saturated heterocycles. The van der Waals surface area contributed by atoms with Gasteiger partial charge in [0.1, 0.15) is 11.5 Å². The van der Waals surface area contributed by atoms with Gasteiger partial charge in [0.2, 0.25) is 0 Å². The normalized spacial score (nSPS) is 51.8. The maximum atomic E-state index is 12.5. The van der Waals surface area contributed by atoms with Crippen LogP contribution in [0, 0.1) is 40.4 Å². The molecule has 36 heavy (non-hydrogen) atoms. The number of ketones is 1. The number of nitrogens with zero attached hydrogens (tertiary/aromatic N) is 1. The second kappa shape index (κ2) is 9.00. The van der Waals surface area contributed by atoms with E-state index < -0.39 is 21.5 Å². The Morgan fingerprint density at radius 3 is 2.22 bits per heavy atom. The monoisotopic (exact) mass is 525 g/mol. The summed E-state index contributed by atoms with van der Waals surface area (Å²) in [6.07, 6.45) is 7.57. The summed E-state index contributed by atoms with van der Waals surface area (Å²) < 4.78 is 40.0. The van der Waals surface area contributed by atoms with Gasteiger partial charge in [-0.2, -0.15) is 8.42 Å². The number of carbonyl (C=O) groups is 1. The van der Waals surface area contributed by atoms with E-state index in [0.717, 1.165) is 44.9 Å². The van der Waals surface area contributed by atoms with Gasteiger partial charge in [0.05, 0.1) is 17.8 Å². The molecule has 0 amide bonds. The molecule has 1 aliphatic heterocycles. The van der Waals surface area contributed by atoms with Gasteiger partial charge < -0.3 is 9.84 Å². The van der Waals surface area contributed by atoms with Crippen LogP contribution in [-0.2, 0) is 19.6 Å². The van der Waals surface area contributed by atoms with E-state index in [1.54, 1.807) is 6.92 Å². The van der Waals surface area contributed by atoms with Crippen molar-refractivity contribution in [1.29, 1.82) is 0 Å². The zero-order chi connectivity index (χ0) is 26.3. The minimum Gasteiger partial charge on any atom is -0.387 e. The maximum Gasteiger partial charge on any atom is 0.267 e. The van der Waals surface area contributed by atoms with E-state index in [1.165, 1.54) is 0 Å². The summed E-state index contributed by atoms with van der Waals surface area (Å²) in [6, 6.07) is -0.338. The summed E-state index contributed by atoms with van der Waals surface area (Å²) >= 11 is 0. The number of hydrogen-bond acceptors (Lipinski definition) is 6. The Balaban J connectivity index is 1.47. The Hall–Kier alpha value is -0.540. The number of fused-ring (bicyclic) bond motifs is 5. The van der Waals surface area contributed by atoms with Crippen LogP contribution < -0.4 is 0 Å². The topological polar surface area (TPSA) is 104 Å². The molecular formula is C28H47NO6S. The number of aliphatic hydroxyl groups is 1. The van der Waals surface area contributed by atoms with Crippen molar-refractivity contribution in [2.45, 2.75) is 110 Å². The van der Waals surface area contributed by atoms with E-state index in [4.69, 9.17) is 4.74 Å². The first-order chi connectivity index (χ1) is 16.7. The van der Waals surface area contributed by atoms with Crippen LogP contribution in [0.1, 0.15) is 86.0 Å². The fraction of sp³-hybridized carbons (Fsp3) is 0.964. The quantitative estimate of drug-likeness (QED) is 0.536. The Bertz CT molecular complexity index is 977. The third kappa shape index (κ3) is 4.41. The Labute approximate surface area is 217 Å². The molecule has 11 atom stereocenters. The van der Waals surface area contributed by atoms with E-state index in [1.807, 2.05) is 13.8 Å². The van der Waals surface area contributed by atoms with Gasteiger partial charge in [-0.3, -0.25) is 14.2 Å². The predicted molar refractivity (Wildman–Crippen MR) is 138 cm³/mol. The number of ether oxygens (including phenoxy) is 1. The average molecular weight is 526 g/mol. The average Bonchev–Trinajstić information content (AvgIpc) is 3.09. The predicted octanol–water partition coefficient (Wildman–Crippen LogP) is 3.94. The second-order valence-electron chi connectivity index (χ2n) is 13.9. The number of rotatable bonds is 4. The highest BCUT2D eigenvalue weighted by molar-refractivity contribution is 7.85. The van der Waals surface area contributed by atoms with Crippen LogP contribution in [0.3, 0.4) is 0 Å². The number of carbonyl (C=O) groups excluding carboxylic acids is 1. The molecule has 0 aromatic rings. The Kier molecular flexibility index (Phi) is 6.76. The molecule has 0 aromatic heterocycles. The van der Waals surface area contributed by atoms with Crippen LogP contribution in [-0.4, -0.2) is 71.5 Å². The van der Waals surface area contributed by atoms with E-state index in [9.17, 15) is 22.9 Å². The first-order valence-electron chi connectivity index (χ1n) is 14.2. The zero-order valence-corrected chi connectivity index (χ0v) is 23.6. The van der Waals surface area contributed by atoms with E-state index >= 15 is 0 Å². The minimum absolute atomic E-state index is 0.000544. The lowest BCUT2D eigenvalue weighted by Gasteiger charge is -2.64. The smallest absolute Gasteiger partial charge is 0.267 e. The van der Waals surface area contributed by atoms with Gasteiger partial charge in [-0.15, -0.1) is 0 Å². The van der Waals surface area contributed by atoms with Gasteiger partial charge >= 0.3 is 0 Å². The fourth-order valence-corrected chi connectivity index (χ4v) is 11.4. The van der Waals surface area contributed by atoms with E-state index in [-0.39, 0.29) is 40.9 Å². The summed E-state index contributed by atoms with van der Waals surface area (Å²) in [7, 11) is -4.34. The van der Waals surface area contributed by atoms with Crippen molar-refractivity contribution in [1.82, 2.24) is 4.90 Å². The summed E-state index contributed by atoms with van der Waals surface area (Å²) in [5.74, 6) is 1.84. The van der Waals surface area contributed by atoms with Gasteiger partial charge in [-0.1, -0.05) is 13.8 Å². The van der Waals surface area contributed by atoms with Crippen LogP contribution >= 0.6 is 0 Å². The highest BCUT2D eigenvalue weighted by atomic mass is 32.2. The van der Waals surface area contributed by atoms with Crippen molar-refractivity contribution < 1.29 is 27.6 Å². The molecule has 0 aromatic carbocycles. The van der Waals surface area contributed by atoms with Crippen LogP contribution in [0.4, 0.5) is 0 Å². The molecule has 4 aliphatic carbocycles. The molecule has 0 radical (unpaired) electrons. The van der Waals surface area contributed by atoms with Crippen molar-refractivity contribution in [3.8, 4) is 0 Å². The first-order valence-corrected chi connectivity index (χ1v) is 15.8. The van der Waals surface area contributed by atoms with E-state index in [2.05, 4.69) is 18.7 Å². The molecule has 206 valence electrons. The van der Waals surface area contributed by atoms with Crippen LogP contribution in [0.25, 0.3) is 0 Å². The molecule has 5 rings (SSSR count). The van der Waals surface area contributed by atoms with Gasteiger partial charge in [-0.25, -0.2) is 0 Å². The van der Waals surface area contributed by atoms with Crippen molar-refractivity contribution in [3.05, 3.63) is 0 Å². The highest BCUT2D eigenvalue weighted by Crippen LogP contribution is 2.68. The molecule has 0 bridgehead atoms. The SMILES string of the molecule is CC(=O)[C@H]1CC[C@H]2[C@@H]3CC[C@@H]4C[C@@](O)(CS(=O)(=O)O)[C@H](N5C[C@H](C)O[C@@H](C)C5)C[C@]4(C)[C@H]3CC[C@]12C. The summed E-state index contributed by atoms with van der Waals surface area (Å²) in [5, 5.41) is 12.0. The van der Waals surface area contributed by atoms with Gasteiger partial charge in [-0.05, 0) is 107 Å². The lowest BCUT2D eigenvalue weighted by molar-refractivity contribution is -0.191. The lowest BCUT2D eigenvalue weighted by atomic mass is 9.43. The zero-order valence-electron chi connectivity index (χ0n) is 22.8. The molecule has 5 fully saturated rings. The van der Waals surface area contributed by atoms with Crippen molar-refractivity contribution in [2.24, 2.45) is 40.4 Å². The molecule has 7 nitrogen and oxygen atoms in total. The van der Waals surface area contributed by atoms with Crippen LogP contribution in [0.5, 0.6) is 0 Å². The number of morpholine rings is 1. The number of hydrogen-bond donors (Lipinski definition) is 2. The van der Waals surface area contributed by atoms with Crippen LogP contribution in [0.15, 0.2) is 0 Å². The van der Waals surface area contributed by atoms with Gasteiger partial charge in [0.25, 0.3) is 10.1 Å². The molecule has 5 aliphatic rings. The Morgan fingerprint density at radius 2 is 1.61 bits per heavy atom. The molecule has 0 spiro atoms. The fourth-order valence-electron chi connectivity index (χ4n) is 10.4. The Morgan fingerprint density at radius 1 is 0.972 bits per heavy atom. The molecule has 4 saturated carbocycles. The molecule has 0 unspecified atom stereocenters. The van der Waals surface area contributed by atoms with Crippen LogP contribution in [0.2, 0.25) is 0 Å². The highest BCUT2D eigenvalue weighted by Gasteiger charge is 2.64. The summed E-state index contributed by atoms with van der Waals surface area (Å²) in [5.41, 5.74) is -1.37. The van der Waals surface area contributed by atoms with Crippen molar-refractivity contribution in [2.75, 3.05) is 18.8 Å². The number of Topliss-reactive ketones (excluding diaryl/α,β-unsaturated/α-hetero) is 1. The minimum atomic E-state index is -4.34. The molecule has 1 heterocycles. The molecule has 2 N–H and O–H groups in total. The largest absolute Gasteiger partial charge is 0.387 e. The van der Waals surface area contributed by atoms with Gasteiger partial charge in [0.15, 0.2) is 0 Å². The first kappa shape index (κ1) is 27.0. The summed E-state index contributed by atoms with van der Waals surface area (Å²) in [4.78, 5) is 14.8. The second-order valence-corrected chi connectivity index (χ2v) is 15.4. The van der Waals surface area contributed by atoms with E-state index in [0.29, 0.717) is 43.0 Å². The van der Waals surface area contributed by atoms with Gasteiger partial charge in [0, 0.05) is 25.0 Å². The third-order valence-corrected chi connectivity index (χ3v) is 12.6. The maximum absolute atomic E-state index is 12.5. The van der Waals surface area contributed by atoms with Crippen molar-refractivity contribution in [3.63, 3.8) is 0 Å².